The predicted octanol–water partition coefficient (Wildman–Crippen LogP) is -2.89. The summed E-state index contributed by atoms with van der Waals surface area (Å²) in [6, 6.07) is 7.44. The van der Waals surface area contributed by atoms with Crippen molar-refractivity contribution in [1.82, 2.24) is 0 Å². The first kappa shape index (κ1) is 16.0. The van der Waals surface area contributed by atoms with E-state index >= 15 is 0 Å². The maximum atomic E-state index is 10.9. The fourth-order valence-electron chi connectivity index (χ4n) is 1.16. The van der Waals surface area contributed by atoms with Gasteiger partial charge in [-0.15, -0.1) is 0 Å². The van der Waals surface area contributed by atoms with E-state index in [4.69, 9.17) is 4.84 Å². The molecule has 5 nitrogen and oxygen atoms in total. The average Bonchev–Trinajstić information content (AvgIpc) is 2.26. The van der Waals surface area contributed by atoms with E-state index in [-0.39, 0.29) is 29.6 Å². The van der Waals surface area contributed by atoms with Crippen LogP contribution in [0.25, 0.3) is 0 Å². The molecule has 1 rings (SSSR count). The molecule has 0 aliphatic rings. The third-order valence-electron chi connectivity index (χ3n) is 1.93. The second kappa shape index (κ2) is 7.32. The third-order valence-corrected chi connectivity index (χ3v) is 1.93. The van der Waals surface area contributed by atoms with Gasteiger partial charge in [0.1, 0.15) is 6.04 Å². The summed E-state index contributed by atoms with van der Waals surface area (Å²) in [5.74, 6) is -1.90. The Morgan fingerprint density at radius 2 is 1.82 bits per heavy atom. The SMILES string of the molecule is CC(=O)ON(c1ccccc1)[C@@H](C)C(=O)[O-].[Na+]. The van der Waals surface area contributed by atoms with E-state index in [1.165, 1.54) is 13.8 Å². The molecule has 0 N–H and O–H groups in total. The van der Waals surface area contributed by atoms with Gasteiger partial charge in [0.25, 0.3) is 0 Å². The summed E-state index contributed by atoms with van der Waals surface area (Å²) in [5.41, 5.74) is 0.481. The molecule has 0 aromatic heterocycles. The standard InChI is InChI=1S/C11H13NO4.Na/c1-8(11(14)15)12(16-9(2)13)10-6-4-3-5-7-10;/h3-8H,1-2H3,(H,14,15);/q;+1/p-1/t8-;/m0./s1. The Morgan fingerprint density at radius 1 is 1.29 bits per heavy atom. The van der Waals surface area contributed by atoms with Crippen LogP contribution in [0.1, 0.15) is 13.8 Å². The van der Waals surface area contributed by atoms with Crippen molar-refractivity contribution >= 4 is 17.6 Å². The van der Waals surface area contributed by atoms with Crippen LogP contribution in [0, 0.1) is 0 Å². The van der Waals surface area contributed by atoms with E-state index in [0.717, 1.165) is 5.06 Å². The van der Waals surface area contributed by atoms with Crippen LogP contribution in [0.4, 0.5) is 5.69 Å². The number of carboxylic acids is 1. The number of para-hydroxylation sites is 1. The predicted molar refractivity (Wildman–Crippen MR) is 55.2 cm³/mol. The van der Waals surface area contributed by atoms with Gasteiger partial charge in [0.15, 0.2) is 0 Å². The minimum atomic E-state index is -1.31. The number of hydrogen-bond acceptors (Lipinski definition) is 5. The molecule has 0 bridgehead atoms. The molecule has 1 atom stereocenters. The number of anilines is 1. The van der Waals surface area contributed by atoms with Gasteiger partial charge in [-0.05, 0) is 19.1 Å². The Labute approximate surface area is 122 Å². The second-order valence-electron chi connectivity index (χ2n) is 3.24. The number of carboxylic acid groups (broad SMARTS) is 1. The molecule has 0 fully saturated rings. The maximum Gasteiger partial charge on any atom is 1.00 e. The zero-order valence-electron chi connectivity index (χ0n) is 10.0. The number of carbonyl (C=O) groups excluding carboxylic acids is 2. The van der Waals surface area contributed by atoms with Crippen LogP contribution in [-0.2, 0) is 14.4 Å². The van der Waals surface area contributed by atoms with Gasteiger partial charge in [-0.2, -0.15) is 5.06 Å². The number of nitrogens with zero attached hydrogens (tertiary/aromatic N) is 1. The van der Waals surface area contributed by atoms with Crippen molar-refractivity contribution in [2.75, 3.05) is 5.06 Å². The Bertz CT molecular complexity index is 382. The summed E-state index contributed by atoms with van der Waals surface area (Å²) < 4.78 is 0. The normalized spacial score (nSPS) is 10.9. The summed E-state index contributed by atoms with van der Waals surface area (Å²) in [7, 11) is 0. The van der Waals surface area contributed by atoms with Crippen LogP contribution in [-0.4, -0.2) is 18.0 Å². The quantitative estimate of drug-likeness (QED) is 0.421. The Morgan fingerprint density at radius 3 is 2.24 bits per heavy atom. The minimum Gasteiger partial charge on any atom is -0.548 e. The fourth-order valence-corrected chi connectivity index (χ4v) is 1.16. The van der Waals surface area contributed by atoms with Crippen LogP contribution in [0.15, 0.2) is 30.3 Å². The van der Waals surface area contributed by atoms with Crippen molar-refractivity contribution in [3.8, 4) is 0 Å². The van der Waals surface area contributed by atoms with Crippen molar-refractivity contribution in [2.45, 2.75) is 19.9 Å². The average molecular weight is 245 g/mol. The first-order chi connectivity index (χ1) is 7.52. The summed E-state index contributed by atoms with van der Waals surface area (Å²) in [6.45, 7) is 2.59. The van der Waals surface area contributed by atoms with Crippen LogP contribution < -0.4 is 39.7 Å². The van der Waals surface area contributed by atoms with E-state index in [9.17, 15) is 14.7 Å². The first-order valence-electron chi connectivity index (χ1n) is 4.76. The molecule has 1 aromatic carbocycles. The smallest absolute Gasteiger partial charge is 0.548 e. The van der Waals surface area contributed by atoms with Crippen molar-refractivity contribution < 1.29 is 49.1 Å². The molecular formula is C11H12NNaO4. The number of aliphatic carboxylic acids is 1. The molecule has 17 heavy (non-hydrogen) atoms. The molecule has 1 aromatic rings. The number of hydrogen-bond donors (Lipinski definition) is 0. The molecule has 0 unspecified atom stereocenters. The van der Waals surface area contributed by atoms with Gasteiger partial charge in [-0.3, -0.25) is 4.79 Å². The Balaban J connectivity index is 0.00000256. The van der Waals surface area contributed by atoms with Crippen molar-refractivity contribution in [1.29, 1.82) is 0 Å². The molecular weight excluding hydrogens is 233 g/mol. The number of benzene rings is 1. The molecule has 6 heteroatoms. The van der Waals surface area contributed by atoms with Crippen molar-refractivity contribution in [2.24, 2.45) is 0 Å². The Hall–Kier alpha value is -1.04. The number of hydroxylamine groups is 1. The topological polar surface area (TPSA) is 69.7 Å². The third kappa shape index (κ3) is 4.77. The van der Waals surface area contributed by atoms with Crippen LogP contribution >= 0.6 is 0 Å². The van der Waals surface area contributed by atoms with Crippen molar-refractivity contribution in [3.63, 3.8) is 0 Å². The molecule has 0 aliphatic carbocycles. The monoisotopic (exact) mass is 245 g/mol. The first-order valence-corrected chi connectivity index (χ1v) is 4.76. The molecule has 0 amide bonds. The molecule has 0 saturated heterocycles. The zero-order chi connectivity index (χ0) is 12.1. The van der Waals surface area contributed by atoms with Gasteiger partial charge in [-0.1, -0.05) is 18.2 Å². The zero-order valence-corrected chi connectivity index (χ0v) is 12.0. The van der Waals surface area contributed by atoms with E-state index in [1.807, 2.05) is 0 Å². The molecule has 0 spiro atoms. The molecule has 0 heterocycles. The van der Waals surface area contributed by atoms with E-state index in [0.29, 0.717) is 5.69 Å². The Kier molecular flexibility index (Phi) is 6.87. The van der Waals surface area contributed by atoms with Gasteiger partial charge >= 0.3 is 35.5 Å². The summed E-state index contributed by atoms with van der Waals surface area (Å²) in [4.78, 5) is 26.5. The maximum absolute atomic E-state index is 10.9. The molecule has 0 radical (unpaired) electrons. The van der Waals surface area contributed by atoms with Crippen LogP contribution in [0.3, 0.4) is 0 Å². The molecule has 0 aliphatic heterocycles. The van der Waals surface area contributed by atoms with E-state index in [2.05, 4.69) is 0 Å². The summed E-state index contributed by atoms with van der Waals surface area (Å²) in [5, 5.41) is 11.8. The van der Waals surface area contributed by atoms with Crippen LogP contribution in [0.2, 0.25) is 0 Å². The van der Waals surface area contributed by atoms with Gasteiger partial charge in [0.2, 0.25) is 0 Å². The van der Waals surface area contributed by atoms with Gasteiger partial charge in [-0.25, -0.2) is 0 Å². The minimum absolute atomic E-state index is 0. The van der Waals surface area contributed by atoms with Crippen molar-refractivity contribution in [3.05, 3.63) is 30.3 Å². The van der Waals surface area contributed by atoms with E-state index < -0.39 is 18.0 Å². The van der Waals surface area contributed by atoms with E-state index in [1.54, 1.807) is 30.3 Å². The van der Waals surface area contributed by atoms with Gasteiger partial charge in [0, 0.05) is 6.92 Å². The number of carbonyl (C=O) groups is 2. The van der Waals surface area contributed by atoms with Gasteiger partial charge in [0.05, 0.1) is 11.7 Å². The summed E-state index contributed by atoms with van der Waals surface area (Å²) >= 11 is 0. The number of rotatable bonds is 4. The largest absolute Gasteiger partial charge is 1.00 e. The fraction of sp³-hybridized carbons (Fsp3) is 0.273. The molecule has 0 saturated carbocycles. The molecule has 86 valence electrons. The van der Waals surface area contributed by atoms with Gasteiger partial charge < -0.3 is 14.7 Å². The van der Waals surface area contributed by atoms with Crippen LogP contribution in [0.5, 0.6) is 0 Å². The second-order valence-corrected chi connectivity index (χ2v) is 3.24. The summed E-state index contributed by atoms with van der Waals surface area (Å²) in [6.07, 6.45) is 0.